The number of carbonyl (C=O) groups excluding carboxylic acids is 1. The third-order valence-electron chi connectivity index (χ3n) is 5.14. The van der Waals surface area contributed by atoms with Gasteiger partial charge >= 0.3 is 6.03 Å². The molecule has 7 heteroatoms. The van der Waals surface area contributed by atoms with E-state index in [1.54, 1.807) is 6.20 Å². The van der Waals surface area contributed by atoms with Crippen molar-refractivity contribution >= 4 is 11.7 Å². The third-order valence-corrected chi connectivity index (χ3v) is 5.14. The first-order chi connectivity index (χ1) is 16.8. The smallest absolute Gasteiger partial charge is 0.319 e. The highest BCUT2D eigenvalue weighted by Crippen LogP contribution is 2.13. The molecule has 0 atom stereocenters. The second-order valence-electron chi connectivity index (χ2n) is 7.69. The Morgan fingerprint density at radius 3 is 2.53 bits per heavy atom. The summed E-state index contributed by atoms with van der Waals surface area (Å²) in [5, 5.41) is 10.1. The molecule has 0 bridgehead atoms. The molecule has 0 aliphatic rings. The Labute approximate surface area is 199 Å². The van der Waals surface area contributed by atoms with Crippen LogP contribution in [0.3, 0.4) is 0 Å². The van der Waals surface area contributed by atoms with Gasteiger partial charge < -0.3 is 20.1 Å². The molecule has 2 N–H and O–H groups in total. The molecule has 3 aromatic carbocycles. The van der Waals surface area contributed by atoms with E-state index in [1.165, 1.54) is 0 Å². The van der Waals surface area contributed by atoms with Crippen molar-refractivity contribution in [1.82, 2.24) is 15.1 Å². The number of nitrogens with one attached hydrogen (secondary N) is 2. The number of ether oxygens (including phenoxy) is 2. The number of amides is 2. The zero-order valence-corrected chi connectivity index (χ0v) is 18.9. The van der Waals surface area contributed by atoms with Gasteiger partial charge in [0.1, 0.15) is 12.4 Å². The minimum Gasteiger partial charge on any atom is -0.491 e. The summed E-state index contributed by atoms with van der Waals surface area (Å²) in [5.74, 6) is 0.826. The molecule has 7 nitrogen and oxygen atoms in total. The van der Waals surface area contributed by atoms with Gasteiger partial charge in [0, 0.05) is 24.6 Å². The van der Waals surface area contributed by atoms with E-state index >= 15 is 0 Å². The summed E-state index contributed by atoms with van der Waals surface area (Å²) >= 11 is 0. The van der Waals surface area contributed by atoms with Crippen molar-refractivity contribution in [3.05, 3.63) is 114 Å². The monoisotopic (exact) mass is 456 g/mol. The lowest BCUT2D eigenvalue weighted by Crippen LogP contribution is -2.28. The standard InChI is InChI=1S/C27H28N4O3/c32-27(28-19-23-9-4-5-10-24(23)20-31-15-7-14-29-31)30-25-11-6-8-22(18-25)21-33-16-17-34-26-12-2-1-3-13-26/h1-15,18H,16-17,19-21H2,(H2,28,30,32). The summed E-state index contributed by atoms with van der Waals surface area (Å²) in [5.41, 5.74) is 3.85. The average molecular weight is 457 g/mol. The Morgan fingerprint density at radius 1 is 0.882 bits per heavy atom. The molecule has 0 aliphatic carbocycles. The molecule has 0 radical (unpaired) electrons. The van der Waals surface area contributed by atoms with E-state index in [0.29, 0.717) is 38.6 Å². The van der Waals surface area contributed by atoms with Crippen LogP contribution in [0.1, 0.15) is 16.7 Å². The minimum absolute atomic E-state index is 0.261. The Morgan fingerprint density at radius 2 is 1.71 bits per heavy atom. The number of carbonyl (C=O) groups is 1. The van der Waals surface area contributed by atoms with E-state index in [2.05, 4.69) is 15.7 Å². The molecule has 174 valence electrons. The van der Waals surface area contributed by atoms with Crippen molar-refractivity contribution < 1.29 is 14.3 Å². The molecule has 0 unspecified atom stereocenters. The first-order valence-corrected chi connectivity index (χ1v) is 11.2. The second kappa shape index (κ2) is 12.2. The van der Waals surface area contributed by atoms with Crippen molar-refractivity contribution in [3.63, 3.8) is 0 Å². The topological polar surface area (TPSA) is 77.4 Å². The van der Waals surface area contributed by atoms with Crippen LogP contribution in [0, 0.1) is 0 Å². The normalized spacial score (nSPS) is 10.6. The van der Waals surface area contributed by atoms with Gasteiger partial charge in [0.15, 0.2) is 0 Å². The quantitative estimate of drug-likeness (QED) is 0.316. The summed E-state index contributed by atoms with van der Waals surface area (Å²) in [6, 6.07) is 26.9. The fourth-order valence-electron chi connectivity index (χ4n) is 3.47. The van der Waals surface area contributed by atoms with Crippen LogP contribution in [-0.4, -0.2) is 29.0 Å². The van der Waals surface area contributed by atoms with Gasteiger partial charge in [0.05, 0.1) is 19.8 Å². The van der Waals surface area contributed by atoms with Crippen LogP contribution in [-0.2, 0) is 24.4 Å². The van der Waals surface area contributed by atoms with Crippen LogP contribution >= 0.6 is 0 Å². The number of para-hydroxylation sites is 1. The Kier molecular flexibility index (Phi) is 8.29. The average Bonchev–Trinajstić information content (AvgIpc) is 3.37. The van der Waals surface area contributed by atoms with Crippen LogP contribution in [0.2, 0.25) is 0 Å². The summed E-state index contributed by atoms with van der Waals surface area (Å²) in [4.78, 5) is 12.5. The molecule has 0 saturated carbocycles. The SMILES string of the molecule is O=C(NCc1ccccc1Cn1cccn1)Nc1cccc(COCCOc2ccccc2)c1. The van der Waals surface area contributed by atoms with E-state index in [4.69, 9.17) is 9.47 Å². The molecular weight excluding hydrogens is 428 g/mol. The number of rotatable bonds is 11. The molecule has 0 saturated heterocycles. The Bertz CT molecular complexity index is 1160. The maximum absolute atomic E-state index is 12.5. The van der Waals surface area contributed by atoms with Gasteiger partial charge in [-0.25, -0.2) is 4.79 Å². The fourth-order valence-corrected chi connectivity index (χ4v) is 3.47. The highest BCUT2D eigenvalue weighted by molar-refractivity contribution is 5.89. The highest BCUT2D eigenvalue weighted by atomic mass is 16.5. The van der Waals surface area contributed by atoms with Crippen LogP contribution in [0.5, 0.6) is 5.75 Å². The molecule has 2 amide bonds. The van der Waals surface area contributed by atoms with Crippen LogP contribution in [0.4, 0.5) is 10.5 Å². The van der Waals surface area contributed by atoms with Crippen molar-refractivity contribution in [2.75, 3.05) is 18.5 Å². The van der Waals surface area contributed by atoms with E-state index in [1.807, 2.05) is 95.8 Å². The van der Waals surface area contributed by atoms with Crippen LogP contribution in [0.15, 0.2) is 97.3 Å². The maximum atomic E-state index is 12.5. The van der Waals surface area contributed by atoms with E-state index in [-0.39, 0.29) is 6.03 Å². The Hall–Kier alpha value is -4.10. The van der Waals surface area contributed by atoms with Crippen molar-refractivity contribution in [2.45, 2.75) is 19.7 Å². The van der Waals surface area contributed by atoms with Gasteiger partial charge in [0.2, 0.25) is 0 Å². The molecule has 4 aromatic rings. The number of hydrogen-bond acceptors (Lipinski definition) is 4. The van der Waals surface area contributed by atoms with Gasteiger partial charge in [0.25, 0.3) is 0 Å². The van der Waals surface area contributed by atoms with E-state index in [9.17, 15) is 4.79 Å². The van der Waals surface area contributed by atoms with Crippen LogP contribution in [0.25, 0.3) is 0 Å². The second-order valence-corrected chi connectivity index (χ2v) is 7.69. The summed E-state index contributed by atoms with van der Waals surface area (Å²) in [6.45, 7) is 2.48. The number of nitrogens with zero attached hydrogens (tertiary/aromatic N) is 2. The van der Waals surface area contributed by atoms with Crippen molar-refractivity contribution in [3.8, 4) is 5.75 Å². The summed E-state index contributed by atoms with van der Waals surface area (Å²) in [6.07, 6.45) is 3.68. The number of hydrogen-bond donors (Lipinski definition) is 2. The largest absolute Gasteiger partial charge is 0.491 e. The predicted octanol–water partition coefficient (Wildman–Crippen LogP) is 4.85. The van der Waals surface area contributed by atoms with E-state index in [0.717, 1.165) is 22.4 Å². The molecule has 34 heavy (non-hydrogen) atoms. The molecular formula is C27H28N4O3. The lowest BCUT2D eigenvalue weighted by atomic mass is 10.1. The number of anilines is 1. The third kappa shape index (κ3) is 7.21. The number of benzene rings is 3. The zero-order valence-electron chi connectivity index (χ0n) is 18.9. The van der Waals surface area contributed by atoms with Gasteiger partial charge in [-0.3, -0.25) is 4.68 Å². The first-order valence-electron chi connectivity index (χ1n) is 11.2. The lowest BCUT2D eigenvalue weighted by molar-refractivity contribution is 0.0889. The van der Waals surface area contributed by atoms with Gasteiger partial charge in [-0.05, 0) is 47.0 Å². The highest BCUT2D eigenvalue weighted by Gasteiger charge is 2.07. The van der Waals surface area contributed by atoms with Crippen LogP contribution < -0.4 is 15.4 Å². The molecule has 1 heterocycles. The van der Waals surface area contributed by atoms with Gasteiger partial charge in [-0.1, -0.05) is 54.6 Å². The van der Waals surface area contributed by atoms with Gasteiger partial charge in [-0.2, -0.15) is 5.10 Å². The van der Waals surface area contributed by atoms with Crippen molar-refractivity contribution in [1.29, 1.82) is 0 Å². The molecule has 0 fully saturated rings. The number of urea groups is 1. The first kappa shape index (κ1) is 23.1. The minimum atomic E-state index is -0.261. The molecule has 4 rings (SSSR count). The lowest BCUT2D eigenvalue weighted by Gasteiger charge is -2.12. The summed E-state index contributed by atoms with van der Waals surface area (Å²) in [7, 11) is 0. The molecule has 0 aliphatic heterocycles. The fraction of sp³-hybridized carbons (Fsp3) is 0.185. The number of aromatic nitrogens is 2. The maximum Gasteiger partial charge on any atom is 0.319 e. The predicted molar refractivity (Wildman–Crippen MR) is 132 cm³/mol. The zero-order chi connectivity index (χ0) is 23.4. The van der Waals surface area contributed by atoms with E-state index < -0.39 is 0 Å². The summed E-state index contributed by atoms with van der Waals surface area (Å²) < 4.78 is 13.2. The van der Waals surface area contributed by atoms with Gasteiger partial charge in [-0.15, -0.1) is 0 Å². The Balaban J connectivity index is 1.21. The molecule has 0 spiro atoms. The van der Waals surface area contributed by atoms with Crippen molar-refractivity contribution in [2.24, 2.45) is 0 Å². The molecule has 1 aromatic heterocycles.